The number of benzene rings is 1. The third-order valence-corrected chi connectivity index (χ3v) is 3.84. The van der Waals surface area contributed by atoms with Gasteiger partial charge in [-0.1, -0.05) is 0 Å². The average molecular weight is 294 g/mol. The minimum atomic E-state index is -0.590. The predicted molar refractivity (Wildman–Crippen MR) is 82.5 cm³/mol. The van der Waals surface area contributed by atoms with Crippen LogP contribution in [0.2, 0.25) is 0 Å². The maximum atomic E-state index is 13.9. The van der Waals surface area contributed by atoms with Gasteiger partial charge in [0.05, 0.1) is 11.2 Å². The van der Waals surface area contributed by atoms with Gasteiger partial charge in [-0.15, -0.1) is 0 Å². The summed E-state index contributed by atoms with van der Waals surface area (Å²) in [6.45, 7) is 13.7. The summed E-state index contributed by atoms with van der Waals surface area (Å²) in [4.78, 5) is 0. The van der Waals surface area contributed by atoms with E-state index in [1.807, 2.05) is 48.5 Å². The zero-order valence-corrected chi connectivity index (χ0v) is 13.9. The lowest BCUT2D eigenvalue weighted by atomic mass is 9.79. The molecular formula is C16H24BFO3. The molecule has 0 unspecified atom stereocenters. The Bertz CT molecular complexity index is 519. The Morgan fingerprint density at radius 3 is 2.00 bits per heavy atom. The van der Waals surface area contributed by atoms with Crippen LogP contribution in [0.25, 0.3) is 0 Å². The van der Waals surface area contributed by atoms with E-state index in [0.29, 0.717) is 11.2 Å². The van der Waals surface area contributed by atoms with Crippen molar-refractivity contribution in [2.75, 3.05) is 0 Å². The van der Waals surface area contributed by atoms with Gasteiger partial charge in [-0.05, 0) is 66.1 Å². The van der Waals surface area contributed by atoms with Crippen LogP contribution in [-0.2, 0) is 9.31 Å². The number of ether oxygens (including phenoxy) is 1. The van der Waals surface area contributed by atoms with E-state index in [1.54, 1.807) is 6.07 Å². The minimum Gasteiger partial charge on any atom is -0.488 e. The lowest BCUT2D eigenvalue weighted by Gasteiger charge is -2.32. The van der Waals surface area contributed by atoms with Crippen LogP contribution in [0, 0.1) is 5.82 Å². The summed E-state index contributed by atoms with van der Waals surface area (Å²) in [7, 11) is -0.590. The summed E-state index contributed by atoms with van der Waals surface area (Å²) in [5.41, 5.74) is -0.654. The lowest BCUT2D eigenvalue weighted by molar-refractivity contribution is 0.00578. The Hall–Kier alpha value is -1.07. The molecule has 0 atom stereocenters. The predicted octanol–water partition coefficient (Wildman–Crippen LogP) is 3.30. The topological polar surface area (TPSA) is 27.7 Å². The van der Waals surface area contributed by atoms with Crippen LogP contribution in [0.3, 0.4) is 0 Å². The Morgan fingerprint density at radius 2 is 1.52 bits per heavy atom. The van der Waals surface area contributed by atoms with Gasteiger partial charge in [0.15, 0.2) is 0 Å². The molecule has 0 spiro atoms. The summed E-state index contributed by atoms with van der Waals surface area (Å²) >= 11 is 0. The van der Waals surface area contributed by atoms with Crippen LogP contribution < -0.4 is 10.2 Å². The van der Waals surface area contributed by atoms with Crippen molar-refractivity contribution >= 4 is 12.6 Å². The van der Waals surface area contributed by atoms with E-state index in [2.05, 4.69) is 0 Å². The molecule has 1 fully saturated rings. The summed E-state index contributed by atoms with van der Waals surface area (Å²) in [5, 5.41) is 0. The van der Waals surface area contributed by atoms with Gasteiger partial charge in [-0.25, -0.2) is 4.39 Å². The van der Waals surface area contributed by atoms with Crippen molar-refractivity contribution in [3.63, 3.8) is 0 Å². The highest BCUT2D eigenvalue weighted by Gasteiger charge is 2.51. The second-order valence-corrected chi connectivity index (χ2v) is 7.52. The van der Waals surface area contributed by atoms with E-state index >= 15 is 0 Å². The van der Waals surface area contributed by atoms with Gasteiger partial charge in [-0.3, -0.25) is 0 Å². The Labute approximate surface area is 126 Å². The number of rotatable bonds is 2. The molecule has 0 amide bonds. The van der Waals surface area contributed by atoms with Crippen molar-refractivity contribution in [1.29, 1.82) is 0 Å². The van der Waals surface area contributed by atoms with E-state index < -0.39 is 18.3 Å². The molecule has 2 rings (SSSR count). The molecule has 0 radical (unpaired) electrons. The van der Waals surface area contributed by atoms with Crippen molar-refractivity contribution in [2.24, 2.45) is 0 Å². The highest BCUT2D eigenvalue weighted by molar-refractivity contribution is 6.62. The Morgan fingerprint density at radius 1 is 1.00 bits per heavy atom. The highest BCUT2D eigenvalue weighted by Crippen LogP contribution is 2.36. The Balaban J connectivity index is 2.30. The molecule has 5 heteroatoms. The first-order valence-electron chi connectivity index (χ1n) is 7.25. The molecule has 1 aliphatic rings. The molecular weight excluding hydrogens is 270 g/mol. The third kappa shape index (κ3) is 3.58. The molecule has 0 aromatic heterocycles. The molecule has 1 aliphatic heterocycles. The number of hydrogen-bond acceptors (Lipinski definition) is 3. The van der Waals surface area contributed by atoms with Gasteiger partial charge in [0, 0.05) is 6.07 Å². The first kappa shape index (κ1) is 16.3. The van der Waals surface area contributed by atoms with Crippen molar-refractivity contribution < 1.29 is 18.4 Å². The van der Waals surface area contributed by atoms with E-state index in [0.717, 1.165) is 0 Å². The van der Waals surface area contributed by atoms with Crippen LogP contribution in [0.1, 0.15) is 48.5 Å². The molecule has 1 saturated heterocycles. The molecule has 0 aliphatic carbocycles. The molecule has 0 saturated carbocycles. The zero-order valence-electron chi connectivity index (χ0n) is 13.9. The van der Waals surface area contributed by atoms with Crippen LogP contribution in [0.15, 0.2) is 18.2 Å². The monoisotopic (exact) mass is 294 g/mol. The second-order valence-electron chi connectivity index (χ2n) is 7.52. The van der Waals surface area contributed by atoms with Gasteiger partial charge in [-0.2, -0.15) is 0 Å². The third-order valence-electron chi connectivity index (χ3n) is 3.84. The van der Waals surface area contributed by atoms with Crippen LogP contribution >= 0.6 is 0 Å². The molecule has 21 heavy (non-hydrogen) atoms. The summed E-state index contributed by atoms with van der Waals surface area (Å²) in [6.07, 6.45) is 0. The van der Waals surface area contributed by atoms with Crippen LogP contribution in [-0.4, -0.2) is 23.9 Å². The minimum absolute atomic E-state index is 0.360. The van der Waals surface area contributed by atoms with Gasteiger partial charge in [0.2, 0.25) is 0 Å². The zero-order chi connectivity index (χ0) is 16.1. The molecule has 116 valence electrons. The van der Waals surface area contributed by atoms with E-state index in [1.165, 1.54) is 12.1 Å². The summed E-state index contributed by atoms with van der Waals surface area (Å²) < 4.78 is 31.5. The molecule has 0 N–H and O–H groups in total. The van der Waals surface area contributed by atoms with Gasteiger partial charge >= 0.3 is 7.12 Å². The first-order chi connectivity index (χ1) is 9.40. The number of halogens is 1. The maximum absolute atomic E-state index is 13.9. The fraction of sp³-hybridized carbons (Fsp3) is 0.625. The van der Waals surface area contributed by atoms with Crippen molar-refractivity contribution in [3.05, 3.63) is 24.0 Å². The number of hydrogen-bond donors (Lipinski definition) is 0. The molecule has 0 bridgehead atoms. The summed E-state index contributed by atoms with van der Waals surface area (Å²) in [5.74, 6) is 0.119. The van der Waals surface area contributed by atoms with Crippen LogP contribution in [0.5, 0.6) is 5.75 Å². The summed E-state index contributed by atoms with van der Waals surface area (Å²) in [6, 6.07) is 4.58. The fourth-order valence-corrected chi connectivity index (χ4v) is 2.11. The van der Waals surface area contributed by atoms with Crippen molar-refractivity contribution in [1.82, 2.24) is 0 Å². The molecule has 1 aromatic carbocycles. The molecule has 3 nitrogen and oxygen atoms in total. The quantitative estimate of drug-likeness (QED) is 0.783. The largest absolute Gasteiger partial charge is 0.495 e. The van der Waals surface area contributed by atoms with E-state index in [4.69, 9.17) is 14.0 Å². The van der Waals surface area contributed by atoms with Crippen molar-refractivity contribution in [2.45, 2.75) is 65.3 Å². The van der Waals surface area contributed by atoms with Gasteiger partial charge < -0.3 is 14.0 Å². The second kappa shape index (κ2) is 4.99. The van der Waals surface area contributed by atoms with Crippen molar-refractivity contribution in [3.8, 4) is 5.75 Å². The van der Waals surface area contributed by atoms with Crippen LogP contribution in [0.4, 0.5) is 4.39 Å². The molecule has 1 aromatic rings. The standard InChI is InChI=1S/C16H24BFO3/c1-14(2,3)19-13-9-11(8-12(18)10-13)17-20-15(4,5)16(6,7)21-17/h8-10H,1-7H3. The van der Waals surface area contributed by atoms with Gasteiger partial charge in [0.1, 0.15) is 17.2 Å². The average Bonchev–Trinajstić information content (AvgIpc) is 2.44. The SMILES string of the molecule is CC(C)(C)Oc1cc(F)cc(B2OC(C)(C)C(C)(C)O2)c1. The molecule has 1 heterocycles. The highest BCUT2D eigenvalue weighted by atomic mass is 19.1. The Kier molecular flexibility index (Phi) is 3.88. The first-order valence-corrected chi connectivity index (χ1v) is 7.25. The normalized spacial score (nSPS) is 20.7. The fourth-order valence-electron chi connectivity index (χ4n) is 2.11. The smallest absolute Gasteiger partial charge is 0.488 e. The lowest BCUT2D eigenvalue weighted by Crippen LogP contribution is -2.41. The van der Waals surface area contributed by atoms with E-state index in [9.17, 15) is 4.39 Å². The van der Waals surface area contributed by atoms with E-state index in [-0.39, 0.29) is 11.4 Å². The maximum Gasteiger partial charge on any atom is 0.495 e. The van der Waals surface area contributed by atoms with Gasteiger partial charge in [0.25, 0.3) is 0 Å².